The zero-order valence-electron chi connectivity index (χ0n) is 10.5. The molecule has 0 radical (unpaired) electrons. The van der Waals surface area contributed by atoms with E-state index in [0.717, 1.165) is 12.8 Å². The second kappa shape index (κ2) is 8.91. The van der Waals surface area contributed by atoms with Crippen LogP contribution in [0.25, 0.3) is 0 Å². The van der Waals surface area contributed by atoms with Gasteiger partial charge >= 0.3 is 7.60 Å². The Morgan fingerprint density at radius 3 is 2.00 bits per heavy atom. The van der Waals surface area contributed by atoms with Crippen LogP contribution in [0.15, 0.2) is 0 Å². The van der Waals surface area contributed by atoms with E-state index in [1.807, 2.05) is 13.8 Å². The van der Waals surface area contributed by atoms with Crippen molar-refractivity contribution >= 4 is 13.4 Å². The lowest BCUT2D eigenvalue weighted by Crippen LogP contribution is -2.03. The van der Waals surface area contributed by atoms with Crippen LogP contribution in [0.5, 0.6) is 0 Å². The van der Waals surface area contributed by atoms with Gasteiger partial charge in [0.05, 0.1) is 19.4 Å². The normalized spacial score (nSPS) is 11.7. The molecule has 0 rings (SSSR count). The molecule has 0 saturated heterocycles. The number of ketones is 1. The molecule has 0 fully saturated rings. The summed E-state index contributed by atoms with van der Waals surface area (Å²) in [6, 6.07) is 0. The van der Waals surface area contributed by atoms with Crippen LogP contribution in [0.3, 0.4) is 0 Å². The molecule has 0 aliphatic carbocycles. The molecule has 16 heavy (non-hydrogen) atoms. The molecule has 0 saturated carbocycles. The third-order valence-corrected chi connectivity index (χ3v) is 3.96. The van der Waals surface area contributed by atoms with Crippen molar-refractivity contribution in [2.45, 2.75) is 46.5 Å². The minimum Gasteiger partial charge on any atom is -0.309 e. The quantitative estimate of drug-likeness (QED) is 0.557. The molecule has 4 nitrogen and oxygen atoms in total. The summed E-state index contributed by atoms with van der Waals surface area (Å²) in [5, 5.41) is 0. The second-order valence-corrected chi connectivity index (χ2v) is 5.99. The molecule has 5 heteroatoms. The van der Waals surface area contributed by atoms with E-state index in [-0.39, 0.29) is 5.78 Å². The van der Waals surface area contributed by atoms with Gasteiger partial charge in [0.15, 0.2) is 0 Å². The Hall–Kier alpha value is -0.180. The fraction of sp³-hybridized carbons (Fsp3) is 0.909. The molecule has 0 atom stereocenters. The summed E-state index contributed by atoms with van der Waals surface area (Å²) in [5.41, 5.74) is 0. The third kappa shape index (κ3) is 8.03. The van der Waals surface area contributed by atoms with Crippen LogP contribution in [-0.2, 0) is 18.4 Å². The van der Waals surface area contributed by atoms with Gasteiger partial charge in [-0.3, -0.25) is 4.57 Å². The van der Waals surface area contributed by atoms with Gasteiger partial charge < -0.3 is 13.8 Å². The Balaban J connectivity index is 4.07. The zero-order valence-corrected chi connectivity index (χ0v) is 11.4. The smallest absolute Gasteiger partial charge is 0.309 e. The molecule has 0 aliphatic rings. The van der Waals surface area contributed by atoms with Crippen LogP contribution in [0, 0.1) is 0 Å². The largest absolute Gasteiger partial charge is 0.330 e. The van der Waals surface area contributed by atoms with Crippen LogP contribution in [-0.4, -0.2) is 25.2 Å². The first-order chi connectivity index (χ1) is 7.54. The molecule has 0 aromatic heterocycles. The van der Waals surface area contributed by atoms with Crippen LogP contribution < -0.4 is 0 Å². The standard InChI is InChI=1S/C11H23O4P/c1-4-8-14-16(13,15-9-5-2)10-6-7-11(3)12/h4-10H2,1-3H3. The van der Waals surface area contributed by atoms with E-state index in [0.29, 0.717) is 32.2 Å². The predicted octanol–water partition coefficient (Wildman–Crippen LogP) is 3.40. The average molecular weight is 250 g/mol. The van der Waals surface area contributed by atoms with Crippen molar-refractivity contribution in [3.8, 4) is 0 Å². The molecule has 0 amide bonds. The lowest BCUT2D eigenvalue weighted by molar-refractivity contribution is -0.117. The van der Waals surface area contributed by atoms with Gasteiger partial charge in [0.1, 0.15) is 5.78 Å². The minimum absolute atomic E-state index is 0.109. The summed E-state index contributed by atoms with van der Waals surface area (Å²) >= 11 is 0. The molecular weight excluding hydrogens is 227 g/mol. The average Bonchev–Trinajstić information content (AvgIpc) is 2.23. The van der Waals surface area contributed by atoms with Crippen molar-refractivity contribution in [3.63, 3.8) is 0 Å². The lowest BCUT2D eigenvalue weighted by Gasteiger charge is -2.17. The molecule has 0 aromatic rings. The Morgan fingerprint density at radius 2 is 1.62 bits per heavy atom. The fourth-order valence-electron chi connectivity index (χ4n) is 1.15. The summed E-state index contributed by atoms with van der Waals surface area (Å²) < 4.78 is 22.7. The first kappa shape index (κ1) is 15.8. The maximum Gasteiger partial charge on any atom is 0.330 e. The van der Waals surface area contributed by atoms with Crippen LogP contribution in [0.2, 0.25) is 0 Å². The molecule has 0 unspecified atom stereocenters. The molecule has 0 heterocycles. The van der Waals surface area contributed by atoms with Crippen molar-refractivity contribution in [2.24, 2.45) is 0 Å². The van der Waals surface area contributed by atoms with Gasteiger partial charge in [0.25, 0.3) is 0 Å². The second-order valence-electron chi connectivity index (χ2n) is 3.81. The lowest BCUT2D eigenvalue weighted by atomic mass is 10.3. The highest BCUT2D eigenvalue weighted by Gasteiger charge is 2.23. The molecule has 96 valence electrons. The van der Waals surface area contributed by atoms with Crippen molar-refractivity contribution in [3.05, 3.63) is 0 Å². The molecule has 0 aliphatic heterocycles. The topological polar surface area (TPSA) is 52.6 Å². The van der Waals surface area contributed by atoms with Gasteiger partial charge in [0.2, 0.25) is 0 Å². The Bertz CT molecular complexity index is 228. The highest BCUT2D eigenvalue weighted by molar-refractivity contribution is 7.53. The molecule has 0 aromatic carbocycles. The summed E-state index contributed by atoms with van der Waals surface area (Å²) in [7, 11) is -2.96. The van der Waals surface area contributed by atoms with Crippen molar-refractivity contribution < 1.29 is 18.4 Å². The van der Waals surface area contributed by atoms with E-state index in [4.69, 9.17) is 9.05 Å². The van der Waals surface area contributed by atoms with Gasteiger partial charge in [-0.2, -0.15) is 0 Å². The van der Waals surface area contributed by atoms with Gasteiger partial charge in [0, 0.05) is 6.42 Å². The van der Waals surface area contributed by atoms with E-state index < -0.39 is 7.60 Å². The minimum atomic E-state index is -2.96. The van der Waals surface area contributed by atoms with E-state index in [9.17, 15) is 9.36 Å². The van der Waals surface area contributed by atoms with E-state index in [2.05, 4.69) is 0 Å². The van der Waals surface area contributed by atoms with Gasteiger partial charge in [-0.05, 0) is 26.2 Å². The van der Waals surface area contributed by atoms with Gasteiger partial charge in [-0.15, -0.1) is 0 Å². The van der Waals surface area contributed by atoms with Gasteiger partial charge in [-0.25, -0.2) is 0 Å². The molecular formula is C11H23O4P. The molecule has 0 bridgehead atoms. The Morgan fingerprint density at radius 1 is 1.12 bits per heavy atom. The first-order valence-corrected chi connectivity index (χ1v) is 7.64. The summed E-state index contributed by atoms with van der Waals surface area (Å²) in [4.78, 5) is 10.8. The summed E-state index contributed by atoms with van der Waals surface area (Å²) in [6.07, 6.45) is 2.97. The SMILES string of the molecule is CCCOP(=O)(CCCC(C)=O)OCCC. The number of carbonyl (C=O) groups is 1. The van der Waals surface area contributed by atoms with E-state index in [1.165, 1.54) is 6.92 Å². The van der Waals surface area contributed by atoms with Crippen molar-refractivity contribution in [1.29, 1.82) is 0 Å². The number of rotatable bonds is 10. The monoisotopic (exact) mass is 250 g/mol. The predicted molar refractivity (Wildman–Crippen MR) is 64.9 cm³/mol. The zero-order chi connectivity index (χ0) is 12.4. The number of carbonyl (C=O) groups excluding carboxylic acids is 1. The highest BCUT2D eigenvalue weighted by atomic mass is 31.2. The fourth-order valence-corrected chi connectivity index (χ4v) is 2.95. The van der Waals surface area contributed by atoms with Crippen molar-refractivity contribution in [1.82, 2.24) is 0 Å². The van der Waals surface area contributed by atoms with Crippen LogP contribution >= 0.6 is 7.60 Å². The van der Waals surface area contributed by atoms with Gasteiger partial charge in [-0.1, -0.05) is 13.8 Å². The summed E-state index contributed by atoms with van der Waals surface area (Å²) in [5.74, 6) is 0.109. The number of Topliss-reactive ketones (excluding diaryl/α,β-unsaturated/α-hetero) is 1. The third-order valence-electron chi connectivity index (χ3n) is 1.95. The van der Waals surface area contributed by atoms with E-state index in [1.54, 1.807) is 0 Å². The molecule has 0 N–H and O–H groups in total. The van der Waals surface area contributed by atoms with Crippen LogP contribution in [0.4, 0.5) is 0 Å². The number of hydrogen-bond acceptors (Lipinski definition) is 4. The maximum atomic E-state index is 12.2. The Kier molecular flexibility index (Phi) is 8.81. The highest BCUT2D eigenvalue weighted by Crippen LogP contribution is 2.49. The van der Waals surface area contributed by atoms with Crippen LogP contribution in [0.1, 0.15) is 46.5 Å². The van der Waals surface area contributed by atoms with E-state index >= 15 is 0 Å². The Labute approximate surface area is 98.2 Å². The summed E-state index contributed by atoms with van der Waals surface area (Å²) in [6.45, 7) is 6.34. The maximum absolute atomic E-state index is 12.2. The van der Waals surface area contributed by atoms with Crippen molar-refractivity contribution in [2.75, 3.05) is 19.4 Å². The first-order valence-electron chi connectivity index (χ1n) is 5.91. The molecule has 0 spiro atoms. The number of hydrogen-bond donors (Lipinski definition) is 0.